The largest absolute Gasteiger partial charge is 0.481 e. The van der Waals surface area contributed by atoms with Crippen LogP contribution in [0.5, 0.6) is 0 Å². The Hall–Kier alpha value is -2.11. The number of carboxylic acids is 1. The maximum absolute atomic E-state index is 11.3. The zero-order chi connectivity index (χ0) is 14.8. The highest BCUT2D eigenvalue weighted by molar-refractivity contribution is 5.70. The second-order valence-electron chi connectivity index (χ2n) is 6.13. The van der Waals surface area contributed by atoms with Gasteiger partial charge in [-0.25, -0.2) is 9.50 Å². The van der Waals surface area contributed by atoms with Crippen LogP contribution in [0.1, 0.15) is 27.2 Å². The number of rotatable bonds is 5. The van der Waals surface area contributed by atoms with Gasteiger partial charge in [0.2, 0.25) is 0 Å². The minimum Gasteiger partial charge on any atom is -0.481 e. The van der Waals surface area contributed by atoms with Crippen LogP contribution in [0.25, 0.3) is 5.65 Å². The molecule has 0 saturated heterocycles. The molecular weight excluding hydrogens is 256 g/mol. The van der Waals surface area contributed by atoms with Crippen molar-refractivity contribution in [3.8, 4) is 0 Å². The zero-order valence-corrected chi connectivity index (χ0v) is 12.0. The first-order valence-electron chi connectivity index (χ1n) is 6.62. The third kappa shape index (κ3) is 3.69. The van der Waals surface area contributed by atoms with Gasteiger partial charge >= 0.3 is 5.97 Å². The molecule has 0 fully saturated rings. The van der Waals surface area contributed by atoms with E-state index in [0.29, 0.717) is 18.8 Å². The van der Waals surface area contributed by atoms with Crippen molar-refractivity contribution < 1.29 is 9.90 Å². The number of aliphatic carboxylic acids is 1. The molecule has 2 aromatic heterocycles. The Kier molecular flexibility index (Phi) is 3.92. The summed E-state index contributed by atoms with van der Waals surface area (Å²) in [6.45, 7) is 6.49. The third-order valence-electron chi connectivity index (χ3n) is 3.00. The van der Waals surface area contributed by atoms with Crippen LogP contribution in [0.15, 0.2) is 24.5 Å². The van der Waals surface area contributed by atoms with Crippen molar-refractivity contribution >= 4 is 17.4 Å². The molecule has 108 valence electrons. The van der Waals surface area contributed by atoms with Gasteiger partial charge in [0.15, 0.2) is 5.65 Å². The van der Waals surface area contributed by atoms with E-state index in [0.717, 1.165) is 5.65 Å². The van der Waals surface area contributed by atoms with E-state index in [9.17, 15) is 9.90 Å². The maximum atomic E-state index is 11.3. The van der Waals surface area contributed by atoms with Crippen LogP contribution in [0, 0.1) is 11.3 Å². The lowest BCUT2D eigenvalue weighted by Crippen LogP contribution is -2.27. The molecule has 2 N–H and O–H groups in total. The van der Waals surface area contributed by atoms with Crippen molar-refractivity contribution in [2.75, 3.05) is 11.9 Å². The molecule has 0 saturated carbocycles. The SMILES string of the molecule is CC(C)(C)CC(CNc1ccn2nccc2n1)C(=O)O. The van der Waals surface area contributed by atoms with E-state index in [1.54, 1.807) is 29.0 Å². The molecule has 1 unspecified atom stereocenters. The van der Waals surface area contributed by atoms with Crippen LogP contribution in [-0.4, -0.2) is 32.2 Å². The van der Waals surface area contributed by atoms with Crippen molar-refractivity contribution in [1.82, 2.24) is 14.6 Å². The molecule has 0 bridgehead atoms. The van der Waals surface area contributed by atoms with Gasteiger partial charge in [-0.1, -0.05) is 20.8 Å². The van der Waals surface area contributed by atoms with Crippen LogP contribution < -0.4 is 5.32 Å². The number of hydrogen-bond donors (Lipinski definition) is 2. The van der Waals surface area contributed by atoms with E-state index in [1.165, 1.54) is 0 Å². The zero-order valence-electron chi connectivity index (χ0n) is 12.0. The van der Waals surface area contributed by atoms with E-state index < -0.39 is 11.9 Å². The van der Waals surface area contributed by atoms with Gasteiger partial charge in [-0.15, -0.1) is 0 Å². The molecule has 2 aromatic rings. The fourth-order valence-electron chi connectivity index (χ4n) is 2.12. The van der Waals surface area contributed by atoms with Crippen LogP contribution >= 0.6 is 0 Å². The van der Waals surface area contributed by atoms with Gasteiger partial charge in [0.25, 0.3) is 0 Å². The predicted octanol–water partition coefficient (Wildman–Crippen LogP) is 2.28. The molecule has 6 heteroatoms. The summed E-state index contributed by atoms with van der Waals surface area (Å²) in [7, 11) is 0. The summed E-state index contributed by atoms with van der Waals surface area (Å²) in [5.41, 5.74) is 0.714. The molecule has 0 aliphatic heterocycles. The fourth-order valence-corrected chi connectivity index (χ4v) is 2.12. The average molecular weight is 276 g/mol. The van der Waals surface area contributed by atoms with Crippen LogP contribution in [0.2, 0.25) is 0 Å². The van der Waals surface area contributed by atoms with Gasteiger partial charge in [0.05, 0.1) is 12.1 Å². The molecule has 1 atom stereocenters. The number of carboxylic acid groups (broad SMARTS) is 1. The minimum absolute atomic E-state index is 0.0203. The summed E-state index contributed by atoms with van der Waals surface area (Å²) in [5.74, 6) is -0.547. The standard InChI is InChI=1S/C14H20N4O2/c1-14(2,3)8-10(13(19)20)9-15-11-5-7-18-12(17-11)4-6-16-18/h4-7,10H,8-9H2,1-3H3,(H,15,17)(H,19,20). The second kappa shape index (κ2) is 5.48. The molecule has 0 radical (unpaired) electrons. The first-order chi connectivity index (χ1) is 9.35. The number of nitrogens with zero attached hydrogens (tertiary/aromatic N) is 3. The Labute approximate surface area is 117 Å². The Morgan fingerprint density at radius 3 is 2.85 bits per heavy atom. The van der Waals surface area contributed by atoms with Gasteiger partial charge in [-0.05, 0) is 17.9 Å². The van der Waals surface area contributed by atoms with Crippen molar-refractivity contribution in [1.29, 1.82) is 0 Å². The van der Waals surface area contributed by atoms with Crippen LogP contribution in [0.4, 0.5) is 5.82 Å². The maximum Gasteiger partial charge on any atom is 0.308 e. The van der Waals surface area contributed by atoms with Crippen LogP contribution in [-0.2, 0) is 4.79 Å². The van der Waals surface area contributed by atoms with Gasteiger partial charge < -0.3 is 10.4 Å². The van der Waals surface area contributed by atoms with Gasteiger partial charge in [0, 0.05) is 18.8 Å². The molecule has 20 heavy (non-hydrogen) atoms. The summed E-state index contributed by atoms with van der Waals surface area (Å²) >= 11 is 0. The van der Waals surface area contributed by atoms with E-state index in [-0.39, 0.29) is 5.41 Å². The Balaban J connectivity index is 2.03. The highest BCUT2D eigenvalue weighted by Gasteiger charge is 2.24. The lowest BCUT2D eigenvalue weighted by atomic mass is 9.84. The minimum atomic E-state index is -0.780. The molecule has 0 amide bonds. The quantitative estimate of drug-likeness (QED) is 0.875. The van der Waals surface area contributed by atoms with Crippen molar-refractivity contribution in [3.05, 3.63) is 24.5 Å². The average Bonchev–Trinajstić information content (AvgIpc) is 2.80. The highest BCUT2D eigenvalue weighted by atomic mass is 16.4. The number of nitrogens with one attached hydrogen (secondary N) is 1. The molecule has 2 heterocycles. The third-order valence-corrected chi connectivity index (χ3v) is 3.00. The molecule has 0 aromatic carbocycles. The summed E-state index contributed by atoms with van der Waals surface area (Å²) in [6, 6.07) is 3.59. The number of aromatic nitrogens is 3. The Bertz CT molecular complexity index is 600. The fraction of sp³-hybridized carbons (Fsp3) is 0.500. The van der Waals surface area contributed by atoms with E-state index >= 15 is 0 Å². The second-order valence-corrected chi connectivity index (χ2v) is 6.13. The van der Waals surface area contributed by atoms with E-state index in [1.807, 2.05) is 20.8 Å². The number of carbonyl (C=O) groups is 1. The number of fused-ring (bicyclic) bond motifs is 1. The first kappa shape index (κ1) is 14.3. The van der Waals surface area contributed by atoms with Gasteiger partial charge in [-0.3, -0.25) is 4.79 Å². The highest BCUT2D eigenvalue weighted by Crippen LogP contribution is 2.24. The topological polar surface area (TPSA) is 79.5 Å². The lowest BCUT2D eigenvalue weighted by molar-refractivity contribution is -0.142. The smallest absolute Gasteiger partial charge is 0.308 e. The summed E-state index contributed by atoms with van der Waals surface area (Å²) in [4.78, 5) is 15.7. The van der Waals surface area contributed by atoms with Crippen molar-refractivity contribution in [3.63, 3.8) is 0 Å². The molecular formula is C14H20N4O2. The first-order valence-corrected chi connectivity index (χ1v) is 6.62. The van der Waals surface area contributed by atoms with E-state index in [4.69, 9.17) is 0 Å². The Morgan fingerprint density at radius 1 is 1.45 bits per heavy atom. The van der Waals surface area contributed by atoms with Gasteiger partial charge in [-0.2, -0.15) is 5.10 Å². The number of anilines is 1. The summed E-state index contributed by atoms with van der Waals surface area (Å²) in [5, 5.41) is 16.4. The van der Waals surface area contributed by atoms with Gasteiger partial charge in [0.1, 0.15) is 5.82 Å². The Morgan fingerprint density at radius 2 is 2.20 bits per heavy atom. The van der Waals surface area contributed by atoms with Crippen LogP contribution in [0.3, 0.4) is 0 Å². The molecule has 0 aliphatic carbocycles. The van der Waals surface area contributed by atoms with E-state index in [2.05, 4.69) is 15.4 Å². The molecule has 2 rings (SSSR count). The predicted molar refractivity (Wildman–Crippen MR) is 76.7 cm³/mol. The summed E-state index contributed by atoms with van der Waals surface area (Å²) < 4.78 is 1.66. The molecule has 6 nitrogen and oxygen atoms in total. The lowest BCUT2D eigenvalue weighted by Gasteiger charge is -2.23. The normalized spacial score (nSPS) is 13.3. The molecule has 0 spiro atoms. The number of hydrogen-bond acceptors (Lipinski definition) is 4. The van der Waals surface area contributed by atoms with Crippen molar-refractivity contribution in [2.24, 2.45) is 11.3 Å². The monoisotopic (exact) mass is 276 g/mol. The summed E-state index contributed by atoms with van der Waals surface area (Å²) in [6.07, 6.45) is 4.08. The molecule has 0 aliphatic rings. The van der Waals surface area contributed by atoms with Crippen molar-refractivity contribution in [2.45, 2.75) is 27.2 Å².